The molecule has 274 valence electrons. The number of hydrogen-bond acceptors (Lipinski definition) is 6. The van der Waals surface area contributed by atoms with E-state index in [9.17, 15) is 0 Å². The molecule has 0 fully saturated rings. The average molecular weight is 679 g/mol. The highest BCUT2D eigenvalue weighted by Gasteiger charge is 2.37. The largest absolute Gasteiger partial charge is 0.500 e. The van der Waals surface area contributed by atoms with Gasteiger partial charge in [-0.25, -0.2) is 0 Å². The van der Waals surface area contributed by atoms with E-state index in [0.29, 0.717) is 0 Å². The van der Waals surface area contributed by atoms with E-state index < -0.39 is 17.6 Å². The van der Waals surface area contributed by atoms with E-state index in [-0.39, 0.29) is 0 Å². The third-order valence-corrected chi connectivity index (χ3v) is 15.0. The number of unbranched alkanes of at least 4 members (excludes halogenated alkanes) is 25. The molecule has 0 bridgehead atoms. The molecule has 0 saturated carbocycles. The Kier molecular flexibility index (Phi) is 38.9. The van der Waals surface area contributed by atoms with Gasteiger partial charge in [0.05, 0.1) is 0 Å². The molecule has 0 aliphatic heterocycles. The second kappa shape index (κ2) is 37.0. The lowest BCUT2D eigenvalue weighted by atomic mass is 10.0. The van der Waals surface area contributed by atoms with E-state index in [1.807, 2.05) is 0 Å². The predicted molar refractivity (Wildman–Crippen MR) is 199 cm³/mol. The summed E-state index contributed by atoms with van der Waals surface area (Å²) < 4.78 is 32.6. The fraction of sp³-hybridized carbons (Fsp3) is 1.00. The molecule has 0 aromatic heterocycles. The minimum absolute atomic E-state index is 0.939. The molecule has 45 heavy (non-hydrogen) atoms. The van der Waals surface area contributed by atoms with Gasteiger partial charge in [0.2, 0.25) is 0 Å². The Hall–Kier alpha value is 0.194. The van der Waals surface area contributed by atoms with Crippen LogP contribution in [-0.4, -0.2) is 60.3 Å². The van der Waals surface area contributed by atoms with Crippen molar-refractivity contribution in [3.05, 3.63) is 0 Å². The summed E-state index contributed by atoms with van der Waals surface area (Å²) in [6.45, 7) is 4.56. The van der Waals surface area contributed by atoms with Crippen LogP contribution >= 0.6 is 0 Å². The first-order chi connectivity index (χ1) is 22.0. The van der Waals surface area contributed by atoms with Crippen molar-refractivity contribution in [2.75, 3.05) is 42.7 Å². The van der Waals surface area contributed by atoms with Crippen molar-refractivity contribution in [2.24, 2.45) is 0 Å². The highest BCUT2D eigenvalue weighted by molar-refractivity contribution is 6.60. The van der Waals surface area contributed by atoms with Gasteiger partial charge in [-0.3, -0.25) is 0 Å². The van der Waals surface area contributed by atoms with E-state index in [2.05, 4.69) is 13.8 Å². The summed E-state index contributed by atoms with van der Waals surface area (Å²) in [5, 5.41) is 0. The van der Waals surface area contributed by atoms with Gasteiger partial charge in [-0.15, -0.1) is 0 Å². The zero-order valence-corrected chi connectivity index (χ0v) is 34.0. The fourth-order valence-corrected chi connectivity index (χ4v) is 9.60. The Balaban J connectivity index is 0. The van der Waals surface area contributed by atoms with Crippen molar-refractivity contribution in [3.63, 3.8) is 0 Å². The van der Waals surface area contributed by atoms with Gasteiger partial charge in [0.15, 0.2) is 0 Å². The first-order valence-corrected chi connectivity index (χ1v) is 23.2. The topological polar surface area (TPSA) is 55.4 Å². The van der Waals surface area contributed by atoms with Crippen molar-refractivity contribution >= 4 is 17.6 Å². The van der Waals surface area contributed by atoms with E-state index in [4.69, 9.17) is 26.6 Å². The molecule has 0 spiro atoms. The summed E-state index contributed by atoms with van der Waals surface area (Å²) in [6, 6.07) is 1.88. The molecule has 0 unspecified atom stereocenters. The van der Waals surface area contributed by atoms with Gasteiger partial charge < -0.3 is 26.6 Å². The molecule has 0 radical (unpaired) electrons. The van der Waals surface area contributed by atoms with Crippen LogP contribution in [0.25, 0.3) is 0 Å². The summed E-state index contributed by atoms with van der Waals surface area (Å²) in [5.41, 5.74) is 0. The lowest BCUT2D eigenvalue weighted by molar-refractivity contribution is 0.122. The molecule has 0 aliphatic carbocycles. The Labute approximate surface area is 285 Å². The molecule has 0 N–H and O–H groups in total. The van der Waals surface area contributed by atoms with Gasteiger partial charge in [-0.2, -0.15) is 0 Å². The van der Waals surface area contributed by atoms with Gasteiger partial charge in [0.25, 0.3) is 0 Å². The normalized spacial score (nSPS) is 12.0. The maximum absolute atomic E-state index is 5.44. The maximum Gasteiger partial charge on any atom is 0.500 e. The molecule has 8 heteroatoms. The zero-order chi connectivity index (χ0) is 33.7. The highest BCUT2D eigenvalue weighted by Crippen LogP contribution is 2.20. The van der Waals surface area contributed by atoms with Gasteiger partial charge in [0.1, 0.15) is 0 Å². The fourth-order valence-electron chi connectivity index (χ4n) is 6.01. The number of rotatable bonds is 35. The second-order valence-corrected chi connectivity index (χ2v) is 19.1. The summed E-state index contributed by atoms with van der Waals surface area (Å²) in [6.07, 6.45) is 37.3. The van der Waals surface area contributed by atoms with Crippen LogP contribution in [0.15, 0.2) is 0 Å². The van der Waals surface area contributed by atoms with E-state index in [0.717, 1.165) is 24.9 Å². The molecule has 0 aromatic carbocycles. The molecule has 0 saturated heterocycles. The molecule has 0 rings (SSSR count). The summed E-state index contributed by atoms with van der Waals surface area (Å²) >= 11 is 0. The van der Waals surface area contributed by atoms with Crippen LogP contribution in [0.2, 0.25) is 12.1 Å². The van der Waals surface area contributed by atoms with Gasteiger partial charge in [-0.1, -0.05) is 174 Å². The zero-order valence-electron chi connectivity index (χ0n) is 32.0. The third-order valence-electron chi connectivity index (χ3n) is 9.29. The molecule has 0 atom stereocenters. The molecule has 0 heterocycles. The third kappa shape index (κ3) is 30.0. The van der Waals surface area contributed by atoms with Crippen molar-refractivity contribution in [1.82, 2.24) is 0 Å². The van der Waals surface area contributed by atoms with Gasteiger partial charge in [0, 0.05) is 54.7 Å². The Morgan fingerprint density at radius 1 is 0.244 bits per heavy atom. The van der Waals surface area contributed by atoms with E-state index in [1.165, 1.54) is 161 Å². The van der Waals surface area contributed by atoms with Crippen LogP contribution < -0.4 is 0 Å². The standard InChI is InChI=1S/C19H42O3Si.C18H40O3Si/c1-5-6-7-8-9-10-11-12-13-14-15-16-17-18-19-23(20-2,21-3)22-4;1-5-6-7-8-9-10-11-12-13-14-15-16-17-18-22(19-2,20-3)21-4/h5-19H2,1-4H3;5-18H2,1-4H3. The first-order valence-electron chi connectivity index (χ1n) is 19.3. The van der Waals surface area contributed by atoms with E-state index in [1.54, 1.807) is 42.7 Å². The molecule has 6 nitrogen and oxygen atoms in total. The van der Waals surface area contributed by atoms with Crippen LogP contribution in [0.5, 0.6) is 0 Å². The van der Waals surface area contributed by atoms with Gasteiger partial charge >= 0.3 is 17.6 Å². The lowest BCUT2D eigenvalue weighted by Gasteiger charge is -2.24. The summed E-state index contributed by atoms with van der Waals surface area (Å²) in [5.74, 6) is 0. The quantitative estimate of drug-likeness (QED) is 0.0491. The molecular formula is C37H82O6Si2. The summed E-state index contributed by atoms with van der Waals surface area (Å²) in [7, 11) is 5.54. The van der Waals surface area contributed by atoms with Crippen molar-refractivity contribution in [3.8, 4) is 0 Å². The van der Waals surface area contributed by atoms with Gasteiger partial charge in [-0.05, 0) is 12.8 Å². The molecule has 0 aliphatic rings. The van der Waals surface area contributed by atoms with E-state index >= 15 is 0 Å². The smallest absolute Gasteiger partial charge is 0.377 e. The van der Waals surface area contributed by atoms with Crippen LogP contribution in [0.1, 0.15) is 187 Å². The van der Waals surface area contributed by atoms with Crippen molar-refractivity contribution in [1.29, 1.82) is 0 Å². The molecule has 0 amide bonds. The monoisotopic (exact) mass is 679 g/mol. The Bertz CT molecular complexity index is 530. The highest BCUT2D eigenvalue weighted by atomic mass is 28.4. The number of hydrogen-bond donors (Lipinski definition) is 0. The van der Waals surface area contributed by atoms with Crippen LogP contribution in [0, 0.1) is 0 Å². The van der Waals surface area contributed by atoms with Crippen molar-refractivity contribution in [2.45, 2.75) is 199 Å². The first kappa shape index (κ1) is 47.3. The maximum atomic E-state index is 5.44. The average Bonchev–Trinajstić information content (AvgIpc) is 3.08. The molecule has 0 aromatic rings. The van der Waals surface area contributed by atoms with Crippen LogP contribution in [-0.2, 0) is 26.6 Å². The Morgan fingerprint density at radius 2 is 0.400 bits per heavy atom. The SMILES string of the molecule is CCCCCCCCCCCCCCCC[Si](OC)(OC)OC.CCCCCCCCCCCCCCC[Si](OC)(OC)OC. The van der Waals surface area contributed by atoms with Crippen LogP contribution in [0.4, 0.5) is 0 Å². The Morgan fingerprint density at radius 3 is 0.556 bits per heavy atom. The van der Waals surface area contributed by atoms with Crippen LogP contribution in [0.3, 0.4) is 0 Å². The molecular weight excluding hydrogens is 597 g/mol. The van der Waals surface area contributed by atoms with Crippen molar-refractivity contribution < 1.29 is 26.6 Å². The lowest BCUT2D eigenvalue weighted by Crippen LogP contribution is -2.42. The minimum Gasteiger partial charge on any atom is -0.377 e. The predicted octanol–water partition coefficient (Wildman–Crippen LogP) is 12.3. The minimum atomic E-state index is -2.32. The second-order valence-electron chi connectivity index (χ2n) is 12.9. The summed E-state index contributed by atoms with van der Waals surface area (Å²) in [4.78, 5) is 0.